The Bertz CT molecular complexity index is 657. The van der Waals surface area contributed by atoms with Gasteiger partial charge in [0.2, 0.25) is 11.8 Å². The van der Waals surface area contributed by atoms with E-state index in [4.69, 9.17) is 11.5 Å². The standard InChI is InChI=1S/C19H30N6O2S/c20-16(19(27)25-11-12-28-14-25)3-1-2-6-23-7-9-24(10-8-23)17-5-4-15(13-22-17)18(21)26/h4-5,13,16H,1-3,6-12,14,20H2,(H2,21,26)/t16-/m0/s1. The third-order valence-corrected chi connectivity index (χ3v) is 6.32. The Kier molecular flexibility index (Phi) is 7.52. The van der Waals surface area contributed by atoms with Gasteiger partial charge in [-0.25, -0.2) is 4.98 Å². The van der Waals surface area contributed by atoms with Crippen LogP contribution in [-0.4, -0.2) is 83.5 Å². The summed E-state index contributed by atoms with van der Waals surface area (Å²) in [4.78, 5) is 34.2. The molecule has 2 amide bonds. The SMILES string of the molecule is NC(=O)c1ccc(N2CCN(CCCC[C@H](N)C(=O)N3CCSC3)CC2)nc1. The predicted octanol–water partition coefficient (Wildman–Crippen LogP) is 0.333. The molecule has 1 aromatic heterocycles. The quantitative estimate of drug-likeness (QED) is 0.599. The van der Waals surface area contributed by atoms with Crippen molar-refractivity contribution in [1.29, 1.82) is 0 Å². The molecule has 0 spiro atoms. The molecule has 0 unspecified atom stereocenters. The van der Waals surface area contributed by atoms with E-state index in [-0.39, 0.29) is 11.9 Å². The van der Waals surface area contributed by atoms with Crippen molar-refractivity contribution in [2.45, 2.75) is 25.3 Å². The lowest BCUT2D eigenvalue weighted by Crippen LogP contribution is -2.47. The maximum Gasteiger partial charge on any atom is 0.250 e. The molecule has 8 nitrogen and oxygen atoms in total. The molecule has 1 aromatic rings. The molecule has 9 heteroatoms. The van der Waals surface area contributed by atoms with E-state index in [2.05, 4.69) is 14.8 Å². The van der Waals surface area contributed by atoms with Crippen LogP contribution in [0.4, 0.5) is 5.82 Å². The van der Waals surface area contributed by atoms with E-state index in [9.17, 15) is 9.59 Å². The lowest BCUT2D eigenvalue weighted by Gasteiger charge is -2.35. The summed E-state index contributed by atoms with van der Waals surface area (Å²) in [6.45, 7) is 5.65. The average Bonchev–Trinajstić information content (AvgIpc) is 3.26. The van der Waals surface area contributed by atoms with Crippen LogP contribution in [0.25, 0.3) is 0 Å². The Hall–Kier alpha value is -1.84. The minimum atomic E-state index is -0.454. The molecule has 0 bridgehead atoms. The summed E-state index contributed by atoms with van der Waals surface area (Å²) in [7, 11) is 0. The summed E-state index contributed by atoms with van der Waals surface area (Å²) in [5, 5.41) is 0. The van der Waals surface area contributed by atoms with Crippen molar-refractivity contribution in [2.24, 2.45) is 11.5 Å². The van der Waals surface area contributed by atoms with Crippen molar-refractivity contribution in [3.63, 3.8) is 0 Å². The third kappa shape index (κ3) is 5.59. The molecule has 2 aliphatic heterocycles. The third-order valence-electron chi connectivity index (χ3n) is 5.35. The van der Waals surface area contributed by atoms with Crippen LogP contribution in [-0.2, 0) is 4.79 Å². The van der Waals surface area contributed by atoms with E-state index in [0.717, 1.165) is 76.0 Å². The van der Waals surface area contributed by atoms with Crippen LogP contribution >= 0.6 is 11.8 Å². The number of piperazine rings is 1. The minimum Gasteiger partial charge on any atom is -0.366 e. The second-order valence-corrected chi connectivity index (χ2v) is 8.41. The molecular formula is C19H30N6O2S. The second kappa shape index (κ2) is 10.1. The Labute approximate surface area is 170 Å². The Morgan fingerprint density at radius 3 is 2.54 bits per heavy atom. The smallest absolute Gasteiger partial charge is 0.250 e. The van der Waals surface area contributed by atoms with Crippen molar-refractivity contribution in [1.82, 2.24) is 14.8 Å². The number of thioether (sulfide) groups is 1. The first-order valence-corrected chi connectivity index (χ1v) is 11.1. The van der Waals surface area contributed by atoms with E-state index >= 15 is 0 Å². The number of rotatable bonds is 8. The topological polar surface area (TPSA) is 109 Å². The highest BCUT2D eigenvalue weighted by molar-refractivity contribution is 7.99. The summed E-state index contributed by atoms with van der Waals surface area (Å²) < 4.78 is 0. The zero-order valence-corrected chi connectivity index (χ0v) is 17.1. The van der Waals surface area contributed by atoms with Gasteiger partial charge in [-0.15, -0.1) is 11.8 Å². The monoisotopic (exact) mass is 406 g/mol. The highest BCUT2D eigenvalue weighted by Gasteiger charge is 2.24. The largest absolute Gasteiger partial charge is 0.366 e. The van der Waals surface area contributed by atoms with Crippen LogP contribution in [0, 0.1) is 0 Å². The fourth-order valence-electron chi connectivity index (χ4n) is 3.56. The van der Waals surface area contributed by atoms with E-state index in [1.54, 1.807) is 17.8 Å². The number of nitrogens with zero attached hydrogens (tertiary/aromatic N) is 4. The number of anilines is 1. The summed E-state index contributed by atoms with van der Waals surface area (Å²) in [6.07, 6.45) is 4.33. The summed E-state index contributed by atoms with van der Waals surface area (Å²) in [6, 6.07) is 3.22. The Morgan fingerprint density at radius 2 is 1.93 bits per heavy atom. The fraction of sp³-hybridized carbons (Fsp3) is 0.632. The molecule has 0 aliphatic carbocycles. The Morgan fingerprint density at radius 1 is 1.14 bits per heavy atom. The van der Waals surface area contributed by atoms with Crippen molar-refractivity contribution in [3.05, 3.63) is 23.9 Å². The number of amides is 2. The summed E-state index contributed by atoms with van der Waals surface area (Å²) in [5.41, 5.74) is 11.8. The van der Waals surface area contributed by atoms with Crippen LogP contribution in [0.5, 0.6) is 0 Å². The molecule has 0 aromatic carbocycles. The number of pyridine rings is 1. The molecule has 0 radical (unpaired) electrons. The molecule has 2 aliphatic rings. The van der Waals surface area contributed by atoms with Gasteiger partial charge in [0.25, 0.3) is 0 Å². The van der Waals surface area contributed by atoms with Gasteiger partial charge >= 0.3 is 0 Å². The van der Waals surface area contributed by atoms with E-state index in [1.807, 2.05) is 11.0 Å². The first-order valence-electron chi connectivity index (χ1n) is 9.90. The second-order valence-electron chi connectivity index (χ2n) is 7.34. The molecule has 2 saturated heterocycles. The van der Waals surface area contributed by atoms with Crippen LogP contribution in [0.3, 0.4) is 0 Å². The summed E-state index contributed by atoms with van der Waals surface area (Å²) in [5.74, 6) is 2.35. The van der Waals surface area contributed by atoms with Crippen LogP contribution in [0.2, 0.25) is 0 Å². The first kappa shape index (κ1) is 20.9. The average molecular weight is 407 g/mol. The molecular weight excluding hydrogens is 376 g/mol. The van der Waals surface area contributed by atoms with Crippen molar-refractivity contribution >= 4 is 29.4 Å². The highest BCUT2D eigenvalue weighted by atomic mass is 32.2. The van der Waals surface area contributed by atoms with E-state index in [0.29, 0.717) is 5.56 Å². The lowest BCUT2D eigenvalue weighted by atomic mass is 10.1. The molecule has 3 rings (SSSR count). The molecule has 0 saturated carbocycles. The van der Waals surface area contributed by atoms with Gasteiger partial charge in [0, 0.05) is 44.7 Å². The number of nitrogens with two attached hydrogens (primary N) is 2. The van der Waals surface area contributed by atoms with Gasteiger partial charge in [0.1, 0.15) is 5.82 Å². The van der Waals surface area contributed by atoms with Gasteiger partial charge in [-0.1, -0.05) is 6.42 Å². The van der Waals surface area contributed by atoms with E-state index < -0.39 is 5.91 Å². The fourth-order valence-corrected chi connectivity index (χ4v) is 4.52. The molecule has 1 atom stereocenters. The maximum absolute atomic E-state index is 12.2. The predicted molar refractivity (Wildman–Crippen MR) is 112 cm³/mol. The zero-order chi connectivity index (χ0) is 19.9. The number of carbonyl (C=O) groups is 2. The lowest BCUT2D eigenvalue weighted by molar-refractivity contribution is -0.131. The van der Waals surface area contributed by atoms with Gasteiger partial charge in [0.05, 0.1) is 17.5 Å². The summed E-state index contributed by atoms with van der Waals surface area (Å²) >= 11 is 1.79. The van der Waals surface area contributed by atoms with Crippen molar-refractivity contribution < 1.29 is 9.59 Å². The number of primary amides is 1. The molecule has 3 heterocycles. The van der Waals surface area contributed by atoms with Crippen molar-refractivity contribution in [2.75, 3.05) is 55.8 Å². The van der Waals surface area contributed by atoms with Crippen LogP contribution in [0.15, 0.2) is 18.3 Å². The van der Waals surface area contributed by atoms with Gasteiger partial charge in [-0.05, 0) is 31.5 Å². The highest BCUT2D eigenvalue weighted by Crippen LogP contribution is 2.16. The van der Waals surface area contributed by atoms with Crippen LogP contribution in [0.1, 0.15) is 29.6 Å². The van der Waals surface area contributed by atoms with Gasteiger partial charge in [-0.2, -0.15) is 0 Å². The normalized spacial score (nSPS) is 19.0. The number of unbranched alkanes of at least 4 members (excludes halogenated alkanes) is 1. The molecule has 4 N–H and O–H groups in total. The van der Waals surface area contributed by atoms with Gasteiger partial charge < -0.3 is 21.3 Å². The van der Waals surface area contributed by atoms with Gasteiger partial charge in [0.15, 0.2) is 0 Å². The maximum atomic E-state index is 12.2. The van der Waals surface area contributed by atoms with E-state index in [1.165, 1.54) is 6.20 Å². The molecule has 2 fully saturated rings. The first-order chi connectivity index (χ1) is 13.5. The Balaban J connectivity index is 1.32. The minimum absolute atomic E-state index is 0.105. The number of aromatic nitrogens is 1. The number of hydrogen-bond acceptors (Lipinski definition) is 7. The van der Waals surface area contributed by atoms with Crippen LogP contribution < -0.4 is 16.4 Å². The molecule has 154 valence electrons. The zero-order valence-electron chi connectivity index (χ0n) is 16.3. The number of hydrogen-bond donors (Lipinski definition) is 2. The van der Waals surface area contributed by atoms with Crippen molar-refractivity contribution in [3.8, 4) is 0 Å². The van der Waals surface area contributed by atoms with Gasteiger partial charge in [-0.3, -0.25) is 14.5 Å². The number of carbonyl (C=O) groups excluding carboxylic acids is 2. The molecule has 28 heavy (non-hydrogen) atoms.